The van der Waals surface area contributed by atoms with E-state index in [2.05, 4.69) is 4.74 Å². The smallest absolute Gasteiger partial charge is 0.411 e. The summed E-state index contributed by atoms with van der Waals surface area (Å²) in [4.78, 5) is 36.1. The molecule has 0 aromatic carbocycles. The molecule has 22 heavy (non-hydrogen) atoms. The van der Waals surface area contributed by atoms with E-state index in [0.717, 1.165) is 4.90 Å². The standard InChI is InChI=1S/C15H21NO6/c1-9-10(13(18)20-6)7-12(21-9)11(8-17)16(5)14(19)22-15(2,3)4/h7-8,11H,1-6H3. The molecule has 0 radical (unpaired) electrons. The highest BCUT2D eigenvalue weighted by atomic mass is 16.6. The van der Waals surface area contributed by atoms with Crippen molar-refractivity contribution in [2.45, 2.75) is 39.3 Å². The third-order valence-corrected chi connectivity index (χ3v) is 2.86. The normalized spacial score (nSPS) is 12.5. The van der Waals surface area contributed by atoms with E-state index in [4.69, 9.17) is 9.15 Å². The Labute approximate surface area is 129 Å². The summed E-state index contributed by atoms with van der Waals surface area (Å²) in [6, 6.07) is 0.396. The summed E-state index contributed by atoms with van der Waals surface area (Å²) in [5.41, 5.74) is -0.475. The van der Waals surface area contributed by atoms with Gasteiger partial charge in [0.15, 0.2) is 0 Å². The molecule has 0 fully saturated rings. The van der Waals surface area contributed by atoms with Crippen LogP contribution in [0.1, 0.15) is 48.7 Å². The van der Waals surface area contributed by atoms with Crippen molar-refractivity contribution >= 4 is 18.3 Å². The second-order valence-electron chi connectivity index (χ2n) is 5.78. The van der Waals surface area contributed by atoms with Crippen LogP contribution in [-0.4, -0.2) is 43.0 Å². The average molecular weight is 311 g/mol. The maximum Gasteiger partial charge on any atom is 0.411 e. The molecular weight excluding hydrogens is 290 g/mol. The highest BCUT2D eigenvalue weighted by Crippen LogP contribution is 2.25. The zero-order chi connectivity index (χ0) is 17.1. The van der Waals surface area contributed by atoms with Gasteiger partial charge in [-0.1, -0.05) is 0 Å². The van der Waals surface area contributed by atoms with Gasteiger partial charge in [0, 0.05) is 7.05 Å². The van der Waals surface area contributed by atoms with Crippen LogP contribution in [0.2, 0.25) is 0 Å². The number of nitrogens with zero attached hydrogens (tertiary/aromatic N) is 1. The topological polar surface area (TPSA) is 86.1 Å². The van der Waals surface area contributed by atoms with Gasteiger partial charge >= 0.3 is 12.1 Å². The van der Waals surface area contributed by atoms with E-state index in [1.165, 1.54) is 20.2 Å². The summed E-state index contributed by atoms with van der Waals surface area (Å²) in [6.07, 6.45) is -0.123. The molecule has 0 saturated carbocycles. The molecule has 0 aliphatic rings. The quantitative estimate of drug-likeness (QED) is 0.627. The molecule has 1 rings (SSSR count). The summed E-state index contributed by atoms with van der Waals surface area (Å²) in [7, 11) is 2.67. The van der Waals surface area contributed by atoms with Gasteiger partial charge in [0.05, 0.1) is 7.11 Å². The zero-order valence-corrected chi connectivity index (χ0v) is 13.6. The Balaban J connectivity index is 3.04. The predicted molar refractivity (Wildman–Crippen MR) is 77.6 cm³/mol. The van der Waals surface area contributed by atoms with E-state index in [-0.39, 0.29) is 11.3 Å². The van der Waals surface area contributed by atoms with Crippen molar-refractivity contribution in [1.82, 2.24) is 4.90 Å². The maximum absolute atomic E-state index is 12.0. The Kier molecular flexibility index (Phi) is 5.35. The van der Waals surface area contributed by atoms with Gasteiger partial charge in [-0.15, -0.1) is 0 Å². The molecular formula is C15H21NO6. The molecule has 0 saturated heterocycles. The van der Waals surface area contributed by atoms with Gasteiger partial charge in [-0.3, -0.25) is 4.90 Å². The fraction of sp³-hybridized carbons (Fsp3) is 0.533. The molecule has 1 amide bonds. The molecule has 7 nitrogen and oxygen atoms in total. The average Bonchev–Trinajstić information content (AvgIpc) is 2.78. The maximum atomic E-state index is 12.0. The lowest BCUT2D eigenvalue weighted by atomic mass is 10.2. The Bertz CT molecular complexity index is 569. The summed E-state index contributed by atoms with van der Waals surface area (Å²) in [5.74, 6) is -0.0929. The second-order valence-corrected chi connectivity index (χ2v) is 5.78. The van der Waals surface area contributed by atoms with Crippen molar-refractivity contribution in [2.75, 3.05) is 14.2 Å². The number of furan rings is 1. The number of hydrogen-bond acceptors (Lipinski definition) is 6. The minimum absolute atomic E-state index is 0.168. The number of carbonyl (C=O) groups is 3. The van der Waals surface area contributed by atoms with Gasteiger partial charge in [0.25, 0.3) is 0 Å². The van der Waals surface area contributed by atoms with Gasteiger partial charge < -0.3 is 18.7 Å². The molecule has 0 N–H and O–H groups in total. The molecule has 1 heterocycles. The Hall–Kier alpha value is -2.31. The number of carbonyl (C=O) groups excluding carboxylic acids is 3. The lowest BCUT2D eigenvalue weighted by Gasteiger charge is -2.27. The first kappa shape index (κ1) is 17.7. The van der Waals surface area contributed by atoms with Crippen LogP contribution in [0.5, 0.6) is 0 Å². The van der Waals surface area contributed by atoms with Crippen LogP contribution >= 0.6 is 0 Å². The number of amides is 1. The minimum atomic E-state index is -0.994. The summed E-state index contributed by atoms with van der Waals surface area (Å²) in [6.45, 7) is 6.74. The Morgan fingerprint density at radius 1 is 1.36 bits per heavy atom. The van der Waals surface area contributed by atoms with Crippen LogP contribution in [0.25, 0.3) is 0 Å². The van der Waals surface area contributed by atoms with Gasteiger partial charge in [0.2, 0.25) is 0 Å². The Morgan fingerprint density at radius 2 is 1.95 bits per heavy atom. The second kappa shape index (κ2) is 6.64. The first-order chi connectivity index (χ1) is 10.1. The van der Waals surface area contributed by atoms with Crippen molar-refractivity contribution in [3.63, 3.8) is 0 Å². The predicted octanol–water partition coefficient (Wildman–Crippen LogP) is 2.48. The summed E-state index contributed by atoms with van der Waals surface area (Å²) in [5, 5.41) is 0. The first-order valence-electron chi connectivity index (χ1n) is 6.70. The molecule has 1 aromatic rings. The number of aryl methyl sites for hydroxylation is 1. The van der Waals surface area contributed by atoms with Gasteiger partial charge in [-0.05, 0) is 33.8 Å². The van der Waals surface area contributed by atoms with Gasteiger partial charge in [0.1, 0.15) is 35.0 Å². The molecule has 0 spiro atoms. The molecule has 0 aliphatic carbocycles. The summed E-state index contributed by atoms with van der Waals surface area (Å²) < 4.78 is 15.2. The van der Waals surface area contributed by atoms with E-state index in [9.17, 15) is 14.4 Å². The van der Waals surface area contributed by atoms with Crippen LogP contribution in [0, 0.1) is 6.92 Å². The number of rotatable bonds is 4. The van der Waals surface area contributed by atoms with Crippen molar-refractivity contribution in [3.05, 3.63) is 23.2 Å². The molecule has 0 aliphatic heterocycles. The van der Waals surface area contributed by atoms with Crippen molar-refractivity contribution in [3.8, 4) is 0 Å². The van der Waals surface area contributed by atoms with E-state index < -0.39 is 23.7 Å². The zero-order valence-electron chi connectivity index (χ0n) is 13.6. The molecule has 7 heteroatoms. The number of likely N-dealkylation sites (N-methyl/N-ethyl adjacent to an activating group) is 1. The van der Waals surface area contributed by atoms with E-state index in [1.807, 2.05) is 0 Å². The minimum Gasteiger partial charge on any atom is -0.465 e. The number of esters is 1. The lowest BCUT2D eigenvalue weighted by Crippen LogP contribution is -2.37. The van der Waals surface area contributed by atoms with Crippen LogP contribution in [0.4, 0.5) is 4.79 Å². The fourth-order valence-electron chi connectivity index (χ4n) is 1.76. The van der Waals surface area contributed by atoms with E-state index in [0.29, 0.717) is 12.0 Å². The largest absolute Gasteiger partial charge is 0.465 e. The third kappa shape index (κ3) is 4.09. The Morgan fingerprint density at radius 3 is 2.41 bits per heavy atom. The third-order valence-electron chi connectivity index (χ3n) is 2.86. The fourth-order valence-corrected chi connectivity index (χ4v) is 1.76. The molecule has 1 unspecified atom stereocenters. The summed E-state index contributed by atoms with van der Waals surface area (Å²) >= 11 is 0. The van der Waals surface area contributed by atoms with Crippen molar-refractivity contribution in [1.29, 1.82) is 0 Å². The highest BCUT2D eigenvalue weighted by Gasteiger charge is 2.29. The lowest BCUT2D eigenvalue weighted by molar-refractivity contribution is -0.112. The van der Waals surface area contributed by atoms with Crippen molar-refractivity contribution < 1.29 is 28.3 Å². The highest BCUT2D eigenvalue weighted by molar-refractivity contribution is 5.90. The molecule has 122 valence electrons. The van der Waals surface area contributed by atoms with Gasteiger partial charge in [-0.2, -0.15) is 0 Å². The number of aldehydes is 1. The number of methoxy groups -OCH3 is 1. The van der Waals surface area contributed by atoms with E-state index >= 15 is 0 Å². The number of ether oxygens (including phenoxy) is 2. The van der Waals surface area contributed by atoms with Crippen LogP contribution in [-0.2, 0) is 14.3 Å². The molecule has 1 atom stereocenters. The number of hydrogen-bond donors (Lipinski definition) is 0. The van der Waals surface area contributed by atoms with Crippen LogP contribution in [0.3, 0.4) is 0 Å². The van der Waals surface area contributed by atoms with Crippen LogP contribution < -0.4 is 0 Å². The SMILES string of the molecule is COC(=O)c1cc(C(C=O)N(C)C(=O)OC(C)(C)C)oc1C. The van der Waals surface area contributed by atoms with Crippen molar-refractivity contribution in [2.24, 2.45) is 0 Å². The van der Waals surface area contributed by atoms with E-state index in [1.54, 1.807) is 27.7 Å². The molecule has 1 aromatic heterocycles. The monoisotopic (exact) mass is 311 g/mol. The van der Waals surface area contributed by atoms with Gasteiger partial charge in [-0.25, -0.2) is 9.59 Å². The molecule has 0 bridgehead atoms. The first-order valence-corrected chi connectivity index (χ1v) is 6.70. The van der Waals surface area contributed by atoms with Crippen LogP contribution in [0.15, 0.2) is 10.5 Å².